The molecule has 1 fully saturated rings. The van der Waals surface area contributed by atoms with Crippen molar-refractivity contribution in [2.24, 2.45) is 17.3 Å². The van der Waals surface area contributed by atoms with E-state index in [9.17, 15) is 0 Å². The van der Waals surface area contributed by atoms with Crippen LogP contribution >= 0.6 is 0 Å². The van der Waals surface area contributed by atoms with Crippen LogP contribution in [0.2, 0.25) is 0 Å². The minimum absolute atomic E-state index is 0.443. The highest BCUT2D eigenvalue weighted by Gasteiger charge is 2.31. The van der Waals surface area contributed by atoms with Crippen molar-refractivity contribution >= 4 is 0 Å². The lowest BCUT2D eigenvalue weighted by Gasteiger charge is -2.36. The van der Waals surface area contributed by atoms with Crippen LogP contribution in [0.3, 0.4) is 0 Å². The quantitative estimate of drug-likeness (QED) is 0.851. The molecule has 0 unspecified atom stereocenters. The van der Waals surface area contributed by atoms with E-state index in [1.807, 2.05) is 6.20 Å². The fraction of sp³-hybridized carbons (Fsp3) is 0.833. The van der Waals surface area contributed by atoms with Gasteiger partial charge in [0.15, 0.2) is 0 Å². The fourth-order valence-corrected chi connectivity index (χ4v) is 3.31. The number of aromatic nitrogens is 1. The van der Waals surface area contributed by atoms with Gasteiger partial charge in [-0.1, -0.05) is 34.6 Å². The first-order valence-corrected chi connectivity index (χ1v) is 8.51. The Bertz CT molecular complexity index is 423. The van der Waals surface area contributed by atoms with Gasteiger partial charge in [-0.25, -0.2) is 4.98 Å². The molecule has 1 heterocycles. The van der Waals surface area contributed by atoms with E-state index in [0.717, 1.165) is 30.7 Å². The van der Waals surface area contributed by atoms with Crippen molar-refractivity contribution in [2.75, 3.05) is 6.54 Å². The van der Waals surface area contributed by atoms with Crippen molar-refractivity contribution in [1.82, 2.24) is 10.3 Å². The second-order valence-electron chi connectivity index (χ2n) is 8.10. The molecule has 0 aromatic carbocycles. The van der Waals surface area contributed by atoms with Crippen LogP contribution in [0.1, 0.15) is 77.9 Å². The molecule has 0 saturated heterocycles. The first-order valence-electron chi connectivity index (χ1n) is 8.51. The third kappa shape index (κ3) is 4.84. The molecule has 1 saturated carbocycles. The van der Waals surface area contributed by atoms with Crippen LogP contribution in [0.25, 0.3) is 0 Å². The van der Waals surface area contributed by atoms with Crippen LogP contribution in [-0.4, -0.2) is 11.5 Å². The smallest absolute Gasteiger partial charge is 0.208 e. The van der Waals surface area contributed by atoms with Crippen LogP contribution in [-0.2, 0) is 6.54 Å². The lowest BCUT2D eigenvalue weighted by molar-refractivity contribution is 0.162. The average Bonchev–Trinajstić information content (AvgIpc) is 2.86. The third-order valence-corrected chi connectivity index (χ3v) is 4.75. The third-order valence-electron chi connectivity index (χ3n) is 4.75. The van der Waals surface area contributed by atoms with Crippen LogP contribution in [0.4, 0.5) is 0 Å². The molecule has 0 bridgehead atoms. The van der Waals surface area contributed by atoms with E-state index in [-0.39, 0.29) is 0 Å². The second kappa shape index (κ2) is 6.95. The Morgan fingerprint density at radius 2 is 1.90 bits per heavy atom. The Kier molecular flexibility index (Phi) is 5.48. The number of nitrogens with zero attached hydrogens (tertiary/aromatic N) is 1. The molecule has 1 N–H and O–H groups in total. The van der Waals surface area contributed by atoms with Gasteiger partial charge in [-0.15, -0.1) is 0 Å². The van der Waals surface area contributed by atoms with E-state index in [1.165, 1.54) is 25.7 Å². The zero-order valence-corrected chi connectivity index (χ0v) is 14.4. The summed E-state index contributed by atoms with van der Waals surface area (Å²) >= 11 is 0. The van der Waals surface area contributed by atoms with Gasteiger partial charge >= 0.3 is 0 Å². The number of nitrogens with one attached hydrogen (secondary N) is 1. The molecule has 0 atom stereocenters. The Hall–Kier alpha value is -0.830. The summed E-state index contributed by atoms with van der Waals surface area (Å²) in [5.74, 6) is 4.03. The van der Waals surface area contributed by atoms with E-state index in [0.29, 0.717) is 17.3 Å². The maximum atomic E-state index is 5.95. The minimum atomic E-state index is 0.443. The van der Waals surface area contributed by atoms with Gasteiger partial charge in [0.2, 0.25) is 5.89 Å². The fourth-order valence-electron chi connectivity index (χ4n) is 3.31. The maximum Gasteiger partial charge on any atom is 0.208 e. The molecule has 2 rings (SSSR count). The van der Waals surface area contributed by atoms with Gasteiger partial charge in [-0.2, -0.15) is 0 Å². The summed E-state index contributed by atoms with van der Waals surface area (Å²) in [7, 11) is 0. The van der Waals surface area contributed by atoms with Gasteiger partial charge in [0.25, 0.3) is 0 Å². The predicted molar refractivity (Wildman–Crippen MR) is 87.2 cm³/mol. The molecule has 1 aromatic heterocycles. The van der Waals surface area contributed by atoms with Crippen molar-refractivity contribution < 1.29 is 4.42 Å². The van der Waals surface area contributed by atoms with Crippen molar-refractivity contribution in [2.45, 2.75) is 72.8 Å². The number of oxazole rings is 1. The molecule has 1 aromatic rings. The molecule has 1 aliphatic rings. The highest BCUT2D eigenvalue weighted by molar-refractivity contribution is 5.04. The highest BCUT2D eigenvalue weighted by atomic mass is 16.4. The maximum absolute atomic E-state index is 5.95. The zero-order valence-electron chi connectivity index (χ0n) is 14.4. The molecule has 3 nitrogen and oxygen atoms in total. The zero-order chi connectivity index (χ0) is 15.5. The SMILES string of the molecule is CC(C)CNCc1ncc(C2CCC(C(C)(C)C)CC2)o1. The van der Waals surface area contributed by atoms with E-state index in [4.69, 9.17) is 4.42 Å². The van der Waals surface area contributed by atoms with Crippen molar-refractivity contribution in [1.29, 1.82) is 0 Å². The molecule has 0 spiro atoms. The highest BCUT2D eigenvalue weighted by Crippen LogP contribution is 2.43. The van der Waals surface area contributed by atoms with Gasteiger partial charge in [0.05, 0.1) is 12.7 Å². The van der Waals surface area contributed by atoms with E-state index in [1.54, 1.807) is 0 Å². The standard InChI is InChI=1S/C18H32N2O/c1-13(2)10-19-12-17-20-11-16(21-17)14-6-8-15(9-7-14)18(3,4)5/h11,13-15,19H,6-10,12H2,1-5H3. The van der Waals surface area contributed by atoms with Crippen molar-refractivity contribution in [3.63, 3.8) is 0 Å². The van der Waals surface area contributed by atoms with Crippen LogP contribution in [0, 0.1) is 17.3 Å². The van der Waals surface area contributed by atoms with Gasteiger partial charge in [-0.05, 0) is 49.5 Å². The summed E-state index contributed by atoms with van der Waals surface area (Å²) in [4.78, 5) is 4.43. The molecular weight excluding hydrogens is 260 g/mol. The molecule has 120 valence electrons. The summed E-state index contributed by atoms with van der Waals surface area (Å²) in [6.45, 7) is 13.3. The Balaban J connectivity index is 1.83. The van der Waals surface area contributed by atoms with Crippen LogP contribution in [0.5, 0.6) is 0 Å². The first-order chi connectivity index (χ1) is 9.86. The van der Waals surface area contributed by atoms with E-state index in [2.05, 4.69) is 44.9 Å². The molecule has 0 aliphatic heterocycles. The molecule has 0 amide bonds. The lowest BCUT2D eigenvalue weighted by Crippen LogP contribution is -2.25. The largest absolute Gasteiger partial charge is 0.444 e. The van der Waals surface area contributed by atoms with Crippen LogP contribution in [0.15, 0.2) is 10.6 Å². The molecule has 21 heavy (non-hydrogen) atoms. The second-order valence-corrected chi connectivity index (χ2v) is 8.10. The molecule has 0 radical (unpaired) electrons. The molecule has 3 heteroatoms. The average molecular weight is 292 g/mol. The van der Waals surface area contributed by atoms with E-state index < -0.39 is 0 Å². The first kappa shape index (κ1) is 16.5. The summed E-state index contributed by atoms with van der Waals surface area (Å²) in [5, 5.41) is 3.39. The van der Waals surface area contributed by atoms with Gasteiger partial charge in [0.1, 0.15) is 5.76 Å². The number of hydrogen-bond acceptors (Lipinski definition) is 3. The van der Waals surface area contributed by atoms with Crippen molar-refractivity contribution in [3.8, 4) is 0 Å². The predicted octanol–water partition coefficient (Wildman–Crippen LogP) is 4.74. The van der Waals surface area contributed by atoms with E-state index >= 15 is 0 Å². The monoisotopic (exact) mass is 292 g/mol. The summed E-state index contributed by atoms with van der Waals surface area (Å²) in [6.07, 6.45) is 7.08. The Labute approximate surface area is 129 Å². The Morgan fingerprint density at radius 1 is 1.24 bits per heavy atom. The molecule has 1 aliphatic carbocycles. The van der Waals surface area contributed by atoms with Gasteiger partial charge in [-0.3, -0.25) is 0 Å². The van der Waals surface area contributed by atoms with Crippen LogP contribution < -0.4 is 5.32 Å². The van der Waals surface area contributed by atoms with Gasteiger partial charge < -0.3 is 9.73 Å². The lowest BCUT2D eigenvalue weighted by atomic mass is 9.69. The minimum Gasteiger partial charge on any atom is -0.444 e. The normalized spacial score (nSPS) is 23.7. The van der Waals surface area contributed by atoms with Crippen molar-refractivity contribution in [3.05, 3.63) is 17.8 Å². The van der Waals surface area contributed by atoms with Gasteiger partial charge in [0, 0.05) is 5.92 Å². The summed E-state index contributed by atoms with van der Waals surface area (Å²) in [5.41, 5.74) is 0.443. The molecular formula is C18H32N2O. The summed E-state index contributed by atoms with van der Waals surface area (Å²) < 4.78 is 5.95. The summed E-state index contributed by atoms with van der Waals surface area (Å²) in [6, 6.07) is 0. The number of rotatable bonds is 5. The number of hydrogen-bond donors (Lipinski definition) is 1. The Morgan fingerprint density at radius 3 is 2.48 bits per heavy atom. The topological polar surface area (TPSA) is 38.1 Å².